The molecule has 0 spiro atoms. The number of aliphatic carboxylic acids is 1. The average molecular weight is 640 g/mol. The summed E-state index contributed by atoms with van der Waals surface area (Å²) in [6.07, 6.45) is -23.7. The van der Waals surface area contributed by atoms with Crippen molar-refractivity contribution in [3.8, 4) is 0 Å². The zero-order chi connectivity index (χ0) is 32.3. The molecule has 1 aliphatic rings. The lowest BCUT2D eigenvalue weighted by Gasteiger charge is -2.43. The number of carboxylic acids is 1. The molecule has 0 aromatic rings. The van der Waals surface area contributed by atoms with E-state index in [2.05, 4.69) is 9.47 Å². The third-order valence-electron chi connectivity index (χ3n) is 5.30. The van der Waals surface area contributed by atoms with Crippen molar-refractivity contribution in [2.75, 3.05) is 6.61 Å². The Labute approximate surface area is 208 Å². The Kier molecular flexibility index (Phi) is 9.40. The van der Waals surface area contributed by atoms with Crippen molar-refractivity contribution in [3.63, 3.8) is 0 Å². The van der Waals surface area contributed by atoms with Crippen molar-refractivity contribution in [1.82, 2.24) is 0 Å². The fourth-order valence-corrected chi connectivity index (χ4v) is 2.85. The Balaban J connectivity index is 3.28. The Bertz CT molecular complexity index is 922. The normalized spacial score (nSPS) is 26.6. The maximum Gasteiger partial charge on any atom is 0.460 e. The van der Waals surface area contributed by atoms with Gasteiger partial charge < -0.3 is 29.9 Å². The van der Waals surface area contributed by atoms with Gasteiger partial charge in [0.15, 0.2) is 12.4 Å². The van der Waals surface area contributed by atoms with E-state index >= 15 is 0 Å². The van der Waals surface area contributed by atoms with E-state index in [1.54, 1.807) is 0 Å². The number of rotatable bonds is 11. The van der Waals surface area contributed by atoms with E-state index in [1.165, 1.54) is 0 Å². The van der Waals surface area contributed by atoms with Crippen LogP contribution in [0.25, 0.3) is 0 Å². The highest BCUT2D eigenvalue weighted by molar-refractivity contribution is 5.73. The molecule has 1 saturated heterocycles. The van der Waals surface area contributed by atoms with Crippen molar-refractivity contribution in [2.45, 2.75) is 84.8 Å². The summed E-state index contributed by atoms with van der Waals surface area (Å²) in [5.41, 5.74) is 0. The summed E-state index contributed by atoms with van der Waals surface area (Å²) in [6, 6.07) is 0. The highest BCUT2D eigenvalue weighted by Crippen LogP contribution is 2.64. The molecule has 1 aliphatic heterocycles. The smallest absolute Gasteiger partial charge is 0.460 e. The maximum absolute atomic E-state index is 13.8. The van der Waals surface area contributed by atoms with Crippen molar-refractivity contribution in [2.24, 2.45) is 0 Å². The van der Waals surface area contributed by atoms with E-state index in [9.17, 15) is 94.8 Å². The third kappa shape index (κ3) is 5.24. The van der Waals surface area contributed by atoms with Crippen molar-refractivity contribution < 1.29 is 109 Å². The van der Waals surface area contributed by atoms with Gasteiger partial charge in [0.25, 0.3) is 0 Å². The standard InChI is InChI=1S/C16H13F17O7/c17-9(18,1-2-39-8-5(36)3(34)4(35)6(40-8)7(37)38)10(19,20)11(21,22)12(23,24)13(25,26)14(27,28)15(29,30)16(31,32)33/h3-6,8,34-36H,1-2H2,(H,37,38)/t3-,4-,5+,6-,8+/m0/s1. The molecule has 0 bridgehead atoms. The van der Waals surface area contributed by atoms with Gasteiger partial charge in [-0.05, 0) is 0 Å². The van der Waals surface area contributed by atoms with Gasteiger partial charge in [0.2, 0.25) is 0 Å². The lowest BCUT2D eigenvalue weighted by atomic mass is 9.88. The Hall–Kier alpha value is -1.92. The van der Waals surface area contributed by atoms with Crippen LogP contribution in [-0.4, -0.2) is 111 Å². The average Bonchev–Trinajstić information content (AvgIpc) is 2.77. The number of hydrogen-bond donors (Lipinski definition) is 4. The predicted molar refractivity (Wildman–Crippen MR) is 85.6 cm³/mol. The summed E-state index contributed by atoms with van der Waals surface area (Å²) >= 11 is 0. The molecule has 40 heavy (non-hydrogen) atoms. The van der Waals surface area contributed by atoms with E-state index in [4.69, 9.17) is 5.11 Å². The molecule has 0 radical (unpaired) electrons. The number of carbonyl (C=O) groups is 1. The van der Waals surface area contributed by atoms with Crippen LogP contribution in [0.1, 0.15) is 6.42 Å². The molecular formula is C16H13F17O7. The van der Waals surface area contributed by atoms with E-state index in [0.29, 0.717) is 0 Å². The second-order valence-electron chi connectivity index (χ2n) is 8.00. The largest absolute Gasteiger partial charge is 0.479 e. The first kappa shape index (κ1) is 36.1. The molecule has 0 aromatic heterocycles. The number of alkyl halides is 17. The van der Waals surface area contributed by atoms with Crippen LogP contribution in [0.4, 0.5) is 74.6 Å². The quantitative estimate of drug-likeness (QED) is 0.257. The second kappa shape index (κ2) is 10.4. The molecule has 7 nitrogen and oxygen atoms in total. The van der Waals surface area contributed by atoms with Gasteiger partial charge in [0.05, 0.1) is 6.61 Å². The first-order valence-corrected chi connectivity index (χ1v) is 9.64. The third-order valence-corrected chi connectivity index (χ3v) is 5.30. The highest BCUT2D eigenvalue weighted by atomic mass is 19.4. The molecule has 0 unspecified atom stereocenters. The number of aliphatic hydroxyl groups excluding tert-OH is 3. The van der Waals surface area contributed by atoms with Crippen LogP contribution >= 0.6 is 0 Å². The zero-order valence-electron chi connectivity index (χ0n) is 18.2. The highest BCUT2D eigenvalue weighted by Gasteiger charge is 2.95. The predicted octanol–water partition coefficient (Wildman–Crippen LogP) is 3.29. The number of carboxylic acid groups (broad SMARTS) is 1. The molecule has 1 rings (SSSR count). The molecule has 5 atom stereocenters. The summed E-state index contributed by atoms with van der Waals surface area (Å²) in [6.45, 7) is -2.22. The van der Waals surface area contributed by atoms with E-state index in [-0.39, 0.29) is 0 Å². The van der Waals surface area contributed by atoms with Gasteiger partial charge in [0.1, 0.15) is 18.3 Å². The number of halogens is 17. The molecule has 1 fully saturated rings. The van der Waals surface area contributed by atoms with Crippen LogP contribution in [0.3, 0.4) is 0 Å². The van der Waals surface area contributed by atoms with Crippen LogP contribution in [0.15, 0.2) is 0 Å². The minimum absolute atomic E-state index is 2.13. The Morgan fingerprint density at radius 3 is 1.35 bits per heavy atom. The van der Waals surface area contributed by atoms with Gasteiger partial charge in [0, 0.05) is 6.42 Å². The Morgan fingerprint density at radius 1 is 0.600 bits per heavy atom. The number of aliphatic hydroxyl groups is 3. The van der Waals surface area contributed by atoms with Crippen LogP contribution in [-0.2, 0) is 14.3 Å². The van der Waals surface area contributed by atoms with Crippen molar-refractivity contribution in [3.05, 3.63) is 0 Å². The summed E-state index contributed by atoms with van der Waals surface area (Å²) < 4.78 is 233. The van der Waals surface area contributed by atoms with Crippen molar-refractivity contribution in [1.29, 1.82) is 0 Å². The molecule has 238 valence electrons. The minimum atomic E-state index is -8.78. The van der Waals surface area contributed by atoms with Crippen LogP contribution < -0.4 is 0 Å². The first-order valence-electron chi connectivity index (χ1n) is 9.64. The summed E-state index contributed by atoms with van der Waals surface area (Å²) in [5, 5.41) is 37.1. The topological polar surface area (TPSA) is 116 Å². The molecule has 24 heteroatoms. The lowest BCUT2D eigenvalue weighted by Crippen LogP contribution is -2.74. The van der Waals surface area contributed by atoms with E-state index in [1.807, 2.05) is 0 Å². The lowest BCUT2D eigenvalue weighted by molar-refractivity contribution is -0.462. The summed E-state index contributed by atoms with van der Waals surface area (Å²) in [7, 11) is 0. The second-order valence-corrected chi connectivity index (χ2v) is 8.00. The van der Waals surface area contributed by atoms with Gasteiger partial charge in [-0.25, -0.2) is 4.79 Å². The molecule has 4 N–H and O–H groups in total. The molecule has 0 aromatic carbocycles. The molecular weight excluding hydrogens is 627 g/mol. The zero-order valence-corrected chi connectivity index (χ0v) is 18.2. The van der Waals surface area contributed by atoms with Crippen LogP contribution in [0.2, 0.25) is 0 Å². The van der Waals surface area contributed by atoms with Gasteiger partial charge >= 0.3 is 53.6 Å². The minimum Gasteiger partial charge on any atom is -0.479 e. The molecule has 0 saturated carbocycles. The molecule has 0 aliphatic carbocycles. The van der Waals surface area contributed by atoms with Gasteiger partial charge in [-0.2, -0.15) is 74.6 Å². The van der Waals surface area contributed by atoms with Crippen LogP contribution in [0.5, 0.6) is 0 Å². The van der Waals surface area contributed by atoms with Gasteiger partial charge in [-0.1, -0.05) is 0 Å². The summed E-state index contributed by atoms with van der Waals surface area (Å²) in [5.74, 6) is -59.8. The fourth-order valence-electron chi connectivity index (χ4n) is 2.85. The number of ether oxygens (including phenoxy) is 2. The van der Waals surface area contributed by atoms with E-state index in [0.717, 1.165) is 0 Å². The monoisotopic (exact) mass is 640 g/mol. The Morgan fingerprint density at radius 2 is 0.975 bits per heavy atom. The van der Waals surface area contributed by atoms with Crippen LogP contribution in [0, 0.1) is 0 Å². The summed E-state index contributed by atoms with van der Waals surface area (Å²) in [4.78, 5) is 10.9. The SMILES string of the molecule is O=C(O)[C@H]1O[C@@H](OCCC(F)(F)C(F)(F)C(F)(F)C(F)(F)C(F)(F)C(F)(F)C(F)(F)C(F)(F)F)[C@H](O)[C@@H](O)[C@@H]1O. The van der Waals surface area contributed by atoms with Gasteiger partial charge in [-0.3, -0.25) is 0 Å². The molecule has 1 heterocycles. The maximum atomic E-state index is 13.8. The first-order chi connectivity index (χ1) is 17.4. The number of hydrogen-bond acceptors (Lipinski definition) is 6. The fraction of sp³-hybridized carbons (Fsp3) is 0.938. The van der Waals surface area contributed by atoms with Gasteiger partial charge in [-0.15, -0.1) is 0 Å². The molecule has 0 amide bonds. The van der Waals surface area contributed by atoms with E-state index < -0.39 is 97.3 Å². The van der Waals surface area contributed by atoms with Crippen molar-refractivity contribution >= 4 is 5.97 Å².